The molecule has 2 nitrogen and oxygen atoms in total. The molecule has 2 heteroatoms. The zero-order valence-electron chi connectivity index (χ0n) is 10.9. The molecule has 2 unspecified atom stereocenters. The van der Waals surface area contributed by atoms with Gasteiger partial charge in [-0.1, -0.05) is 44.5 Å². The first-order chi connectivity index (χ1) is 8.17. The summed E-state index contributed by atoms with van der Waals surface area (Å²) < 4.78 is 0. The lowest BCUT2D eigenvalue weighted by atomic mass is 10.00. The summed E-state index contributed by atoms with van der Waals surface area (Å²) in [6, 6.07) is 8.48. The number of rotatable bonds is 7. The van der Waals surface area contributed by atoms with E-state index in [0.717, 1.165) is 19.3 Å². The van der Waals surface area contributed by atoms with Gasteiger partial charge in [0.05, 0.1) is 12.2 Å². The second-order valence-corrected chi connectivity index (χ2v) is 4.63. The van der Waals surface area contributed by atoms with Crippen LogP contribution in [0, 0.1) is 0 Å². The first kappa shape index (κ1) is 14.2. The van der Waals surface area contributed by atoms with Gasteiger partial charge in [0.2, 0.25) is 0 Å². The minimum absolute atomic E-state index is 0.574. The summed E-state index contributed by atoms with van der Waals surface area (Å²) in [7, 11) is 0. The first-order valence-electron chi connectivity index (χ1n) is 6.61. The van der Waals surface area contributed by atoms with E-state index >= 15 is 0 Å². The molecule has 0 aliphatic heterocycles. The predicted molar refractivity (Wildman–Crippen MR) is 71.1 cm³/mol. The summed E-state index contributed by atoms with van der Waals surface area (Å²) in [5, 5.41) is 19.4. The van der Waals surface area contributed by atoms with Crippen molar-refractivity contribution in [1.82, 2.24) is 0 Å². The molecule has 0 bridgehead atoms. The van der Waals surface area contributed by atoms with Crippen molar-refractivity contribution < 1.29 is 10.2 Å². The molecule has 0 aliphatic rings. The van der Waals surface area contributed by atoms with Crippen LogP contribution in [0.15, 0.2) is 24.3 Å². The number of aryl methyl sites for hydroxylation is 2. The molecule has 96 valence electrons. The highest BCUT2D eigenvalue weighted by Crippen LogP contribution is 2.12. The Kier molecular flexibility index (Phi) is 6.23. The standard InChI is InChI=1S/C15H24O2/c1-3-5-14(16)15(17)11-10-13-8-6-12(4-2)7-9-13/h6-9,14-17H,3-5,10-11H2,1-2H3. The molecule has 17 heavy (non-hydrogen) atoms. The second-order valence-electron chi connectivity index (χ2n) is 4.63. The van der Waals surface area contributed by atoms with Crippen LogP contribution in [0.3, 0.4) is 0 Å². The molecule has 1 rings (SSSR count). The second kappa shape index (κ2) is 7.46. The number of aliphatic hydroxyl groups is 2. The summed E-state index contributed by atoms with van der Waals surface area (Å²) in [4.78, 5) is 0. The van der Waals surface area contributed by atoms with Gasteiger partial charge < -0.3 is 10.2 Å². The highest BCUT2D eigenvalue weighted by atomic mass is 16.3. The molecule has 1 aromatic rings. The molecule has 0 saturated carbocycles. The largest absolute Gasteiger partial charge is 0.390 e. The SMILES string of the molecule is CCCC(O)C(O)CCc1ccc(CC)cc1. The fourth-order valence-corrected chi connectivity index (χ4v) is 1.94. The fourth-order valence-electron chi connectivity index (χ4n) is 1.94. The van der Waals surface area contributed by atoms with Crippen molar-refractivity contribution in [2.45, 2.75) is 58.2 Å². The summed E-state index contributed by atoms with van der Waals surface area (Å²) in [6.07, 6.45) is 2.92. The van der Waals surface area contributed by atoms with Crippen molar-refractivity contribution in [3.63, 3.8) is 0 Å². The number of aliphatic hydroxyl groups excluding tert-OH is 2. The van der Waals surface area contributed by atoms with E-state index in [1.807, 2.05) is 6.92 Å². The van der Waals surface area contributed by atoms with Crippen molar-refractivity contribution in [3.05, 3.63) is 35.4 Å². The Balaban J connectivity index is 2.38. The van der Waals surface area contributed by atoms with Gasteiger partial charge in [0.15, 0.2) is 0 Å². The van der Waals surface area contributed by atoms with E-state index in [4.69, 9.17) is 0 Å². The maximum absolute atomic E-state index is 9.76. The molecule has 0 spiro atoms. The van der Waals surface area contributed by atoms with Crippen molar-refractivity contribution in [1.29, 1.82) is 0 Å². The van der Waals surface area contributed by atoms with E-state index in [9.17, 15) is 10.2 Å². The van der Waals surface area contributed by atoms with Gasteiger partial charge in [-0.25, -0.2) is 0 Å². The monoisotopic (exact) mass is 236 g/mol. The fraction of sp³-hybridized carbons (Fsp3) is 0.600. The van der Waals surface area contributed by atoms with Crippen LogP contribution >= 0.6 is 0 Å². The third-order valence-electron chi connectivity index (χ3n) is 3.19. The molecule has 0 aliphatic carbocycles. The Morgan fingerprint density at radius 1 is 0.882 bits per heavy atom. The van der Waals surface area contributed by atoms with Crippen LogP contribution < -0.4 is 0 Å². The molecule has 0 amide bonds. The summed E-state index contributed by atoms with van der Waals surface area (Å²) in [5.74, 6) is 0. The first-order valence-corrected chi connectivity index (χ1v) is 6.61. The van der Waals surface area contributed by atoms with E-state index in [2.05, 4.69) is 31.2 Å². The molecule has 0 saturated heterocycles. The summed E-state index contributed by atoms with van der Waals surface area (Å²) in [6.45, 7) is 4.15. The molecule has 0 radical (unpaired) electrons. The molecular weight excluding hydrogens is 212 g/mol. The molecule has 2 atom stereocenters. The maximum Gasteiger partial charge on any atom is 0.0802 e. The molecular formula is C15H24O2. The predicted octanol–water partition coefficient (Wildman–Crippen LogP) is 2.70. The van der Waals surface area contributed by atoms with Crippen LogP contribution in [0.2, 0.25) is 0 Å². The van der Waals surface area contributed by atoms with Gasteiger partial charge in [0, 0.05) is 0 Å². The summed E-state index contributed by atoms with van der Waals surface area (Å²) >= 11 is 0. The molecule has 0 heterocycles. The van der Waals surface area contributed by atoms with Gasteiger partial charge in [0.25, 0.3) is 0 Å². The van der Waals surface area contributed by atoms with Gasteiger partial charge in [-0.3, -0.25) is 0 Å². The molecule has 0 aromatic heterocycles. The van der Waals surface area contributed by atoms with Gasteiger partial charge in [-0.2, -0.15) is 0 Å². The van der Waals surface area contributed by atoms with Crippen molar-refractivity contribution >= 4 is 0 Å². The average Bonchev–Trinajstić information content (AvgIpc) is 2.36. The van der Waals surface area contributed by atoms with Crippen LogP contribution in [-0.2, 0) is 12.8 Å². The van der Waals surface area contributed by atoms with Crippen LogP contribution in [0.5, 0.6) is 0 Å². The Labute approximate surface area is 104 Å². The molecule has 0 fully saturated rings. The Hall–Kier alpha value is -0.860. The van der Waals surface area contributed by atoms with Gasteiger partial charge in [-0.05, 0) is 36.8 Å². The van der Waals surface area contributed by atoms with Gasteiger partial charge >= 0.3 is 0 Å². The Morgan fingerprint density at radius 3 is 1.94 bits per heavy atom. The minimum Gasteiger partial charge on any atom is -0.390 e. The topological polar surface area (TPSA) is 40.5 Å². The lowest BCUT2D eigenvalue weighted by molar-refractivity contribution is 0.00981. The van der Waals surface area contributed by atoms with Crippen LogP contribution in [0.25, 0.3) is 0 Å². The lowest BCUT2D eigenvalue weighted by Crippen LogP contribution is -2.26. The van der Waals surface area contributed by atoms with E-state index in [1.165, 1.54) is 11.1 Å². The molecule has 2 N–H and O–H groups in total. The highest BCUT2D eigenvalue weighted by molar-refractivity contribution is 5.22. The zero-order valence-corrected chi connectivity index (χ0v) is 10.9. The van der Waals surface area contributed by atoms with Gasteiger partial charge in [0.1, 0.15) is 0 Å². The highest BCUT2D eigenvalue weighted by Gasteiger charge is 2.14. The number of benzene rings is 1. The van der Waals surface area contributed by atoms with E-state index in [-0.39, 0.29) is 0 Å². The molecule has 1 aromatic carbocycles. The maximum atomic E-state index is 9.76. The van der Waals surface area contributed by atoms with E-state index in [0.29, 0.717) is 12.8 Å². The van der Waals surface area contributed by atoms with Crippen molar-refractivity contribution in [2.75, 3.05) is 0 Å². The van der Waals surface area contributed by atoms with E-state index in [1.54, 1.807) is 0 Å². The van der Waals surface area contributed by atoms with Crippen LogP contribution in [0.4, 0.5) is 0 Å². The summed E-state index contributed by atoms with van der Waals surface area (Å²) in [5.41, 5.74) is 2.56. The van der Waals surface area contributed by atoms with Crippen LogP contribution in [0.1, 0.15) is 44.2 Å². The third kappa shape index (κ3) is 4.88. The normalized spacial score (nSPS) is 14.6. The average molecular weight is 236 g/mol. The van der Waals surface area contributed by atoms with E-state index < -0.39 is 12.2 Å². The van der Waals surface area contributed by atoms with Crippen molar-refractivity contribution in [2.24, 2.45) is 0 Å². The van der Waals surface area contributed by atoms with Gasteiger partial charge in [-0.15, -0.1) is 0 Å². The lowest BCUT2D eigenvalue weighted by Gasteiger charge is -2.16. The minimum atomic E-state index is -0.596. The third-order valence-corrected chi connectivity index (χ3v) is 3.19. The smallest absolute Gasteiger partial charge is 0.0802 e. The Morgan fingerprint density at radius 2 is 1.41 bits per heavy atom. The Bertz CT molecular complexity index is 305. The quantitative estimate of drug-likeness (QED) is 0.764. The van der Waals surface area contributed by atoms with Crippen molar-refractivity contribution in [3.8, 4) is 0 Å². The number of hydrogen-bond acceptors (Lipinski definition) is 2. The number of hydrogen-bond donors (Lipinski definition) is 2. The zero-order chi connectivity index (χ0) is 12.7. The van der Waals surface area contributed by atoms with Crippen LogP contribution in [-0.4, -0.2) is 22.4 Å².